The summed E-state index contributed by atoms with van der Waals surface area (Å²) in [5, 5.41) is 3.36. The SMILES string of the molecule is CCCc1nc2n(c1CC)CCNC2. The molecule has 0 spiro atoms. The van der Waals surface area contributed by atoms with Gasteiger partial charge in [-0.3, -0.25) is 0 Å². The molecule has 0 aromatic carbocycles. The summed E-state index contributed by atoms with van der Waals surface area (Å²) >= 11 is 0. The first kappa shape index (κ1) is 9.71. The average molecular weight is 193 g/mol. The highest BCUT2D eigenvalue weighted by molar-refractivity contribution is 5.19. The Bertz CT molecular complexity index is 315. The van der Waals surface area contributed by atoms with Crippen LogP contribution in [0.4, 0.5) is 0 Å². The van der Waals surface area contributed by atoms with E-state index in [1.165, 1.54) is 23.6 Å². The predicted octanol–water partition coefficient (Wildman–Crippen LogP) is 1.50. The number of aryl methyl sites for hydroxylation is 1. The van der Waals surface area contributed by atoms with Crippen molar-refractivity contribution in [3.63, 3.8) is 0 Å². The Hall–Kier alpha value is -0.830. The summed E-state index contributed by atoms with van der Waals surface area (Å²) in [5.74, 6) is 1.23. The standard InChI is InChI=1S/C11H19N3/c1-3-5-9-10(4-2)14-7-6-12-8-11(14)13-9/h12H,3-8H2,1-2H3. The van der Waals surface area contributed by atoms with Gasteiger partial charge in [0, 0.05) is 18.8 Å². The van der Waals surface area contributed by atoms with Crippen LogP contribution in [0.15, 0.2) is 0 Å². The van der Waals surface area contributed by atoms with E-state index in [9.17, 15) is 0 Å². The molecule has 0 fully saturated rings. The summed E-state index contributed by atoms with van der Waals surface area (Å²) in [4.78, 5) is 4.71. The van der Waals surface area contributed by atoms with E-state index in [2.05, 4.69) is 23.7 Å². The molecule has 14 heavy (non-hydrogen) atoms. The maximum atomic E-state index is 4.71. The molecule has 0 bridgehead atoms. The quantitative estimate of drug-likeness (QED) is 0.788. The lowest BCUT2D eigenvalue weighted by Gasteiger charge is -2.17. The zero-order valence-electron chi connectivity index (χ0n) is 9.14. The second kappa shape index (κ2) is 4.13. The van der Waals surface area contributed by atoms with E-state index >= 15 is 0 Å². The minimum absolute atomic E-state index is 0.941. The Morgan fingerprint density at radius 3 is 3.00 bits per heavy atom. The largest absolute Gasteiger partial charge is 0.329 e. The van der Waals surface area contributed by atoms with Crippen LogP contribution in [0.1, 0.15) is 37.5 Å². The van der Waals surface area contributed by atoms with Crippen molar-refractivity contribution in [2.75, 3.05) is 6.54 Å². The molecule has 0 unspecified atom stereocenters. The van der Waals surface area contributed by atoms with E-state index in [0.717, 1.165) is 32.5 Å². The Morgan fingerprint density at radius 1 is 1.43 bits per heavy atom. The van der Waals surface area contributed by atoms with Gasteiger partial charge >= 0.3 is 0 Å². The first-order valence-electron chi connectivity index (χ1n) is 5.64. The smallest absolute Gasteiger partial charge is 0.123 e. The third-order valence-corrected chi connectivity index (χ3v) is 2.85. The molecule has 0 radical (unpaired) electrons. The first-order valence-corrected chi connectivity index (χ1v) is 5.64. The lowest BCUT2D eigenvalue weighted by atomic mass is 10.2. The first-order chi connectivity index (χ1) is 6.86. The van der Waals surface area contributed by atoms with Crippen molar-refractivity contribution in [2.45, 2.75) is 46.2 Å². The van der Waals surface area contributed by atoms with Crippen LogP contribution < -0.4 is 5.32 Å². The van der Waals surface area contributed by atoms with Crippen LogP contribution in [0.2, 0.25) is 0 Å². The van der Waals surface area contributed by atoms with Gasteiger partial charge in [0.05, 0.1) is 12.2 Å². The Balaban J connectivity index is 2.36. The number of fused-ring (bicyclic) bond motifs is 1. The molecule has 0 amide bonds. The number of hydrogen-bond acceptors (Lipinski definition) is 2. The fraction of sp³-hybridized carbons (Fsp3) is 0.727. The van der Waals surface area contributed by atoms with Gasteiger partial charge < -0.3 is 9.88 Å². The van der Waals surface area contributed by atoms with Crippen LogP contribution in [0.3, 0.4) is 0 Å². The van der Waals surface area contributed by atoms with Crippen LogP contribution in [0.25, 0.3) is 0 Å². The lowest BCUT2D eigenvalue weighted by molar-refractivity contribution is 0.495. The monoisotopic (exact) mass is 193 g/mol. The fourth-order valence-electron chi connectivity index (χ4n) is 2.21. The van der Waals surface area contributed by atoms with Crippen molar-refractivity contribution < 1.29 is 0 Å². The summed E-state index contributed by atoms with van der Waals surface area (Å²) in [6.07, 6.45) is 3.43. The molecule has 1 aromatic rings. The highest BCUT2D eigenvalue weighted by atomic mass is 15.2. The fourth-order valence-corrected chi connectivity index (χ4v) is 2.21. The van der Waals surface area contributed by atoms with Crippen molar-refractivity contribution in [1.29, 1.82) is 0 Å². The van der Waals surface area contributed by atoms with Crippen molar-refractivity contribution in [1.82, 2.24) is 14.9 Å². The number of hydrogen-bond donors (Lipinski definition) is 1. The summed E-state index contributed by atoms with van der Waals surface area (Å²) < 4.78 is 2.40. The summed E-state index contributed by atoms with van der Waals surface area (Å²) in [5.41, 5.74) is 2.79. The minimum atomic E-state index is 0.941. The zero-order chi connectivity index (χ0) is 9.97. The molecule has 1 aliphatic heterocycles. The van der Waals surface area contributed by atoms with E-state index in [4.69, 9.17) is 4.98 Å². The molecule has 0 saturated carbocycles. The Labute approximate surface area is 85.5 Å². The predicted molar refractivity (Wildman–Crippen MR) is 57.3 cm³/mol. The van der Waals surface area contributed by atoms with Crippen LogP contribution in [0, 0.1) is 0 Å². The Kier molecular flexibility index (Phi) is 2.87. The average Bonchev–Trinajstić information content (AvgIpc) is 2.55. The molecule has 2 rings (SSSR count). The van der Waals surface area contributed by atoms with Gasteiger partial charge in [0.2, 0.25) is 0 Å². The summed E-state index contributed by atoms with van der Waals surface area (Å²) in [6, 6.07) is 0. The van der Waals surface area contributed by atoms with Gasteiger partial charge in [-0.15, -0.1) is 0 Å². The highest BCUT2D eigenvalue weighted by Gasteiger charge is 2.16. The third kappa shape index (κ3) is 1.57. The molecule has 3 heteroatoms. The van der Waals surface area contributed by atoms with E-state index in [-0.39, 0.29) is 0 Å². The van der Waals surface area contributed by atoms with Crippen LogP contribution in [0.5, 0.6) is 0 Å². The maximum Gasteiger partial charge on any atom is 0.123 e. The minimum Gasteiger partial charge on any atom is -0.329 e. The molecule has 1 aromatic heterocycles. The maximum absolute atomic E-state index is 4.71. The van der Waals surface area contributed by atoms with E-state index in [1.54, 1.807) is 0 Å². The molecule has 3 nitrogen and oxygen atoms in total. The second-order valence-corrected chi connectivity index (χ2v) is 3.85. The van der Waals surface area contributed by atoms with Gasteiger partial charge in [0.25, 0.3) is 0 Å². The summed E-state index contributed by atoms with van der Waals surface area (Å²) in [7, 11) is 0. The molecule has 1 aliphatic rings. The second-order valence-electron chi connectivity index (χ2n) is 3.85. The van der Waals surface area contributed by atoms with E-state index in [1.807, 2.05) is 0 Å². The van der Waals surface area contributed by atoms with E-state index < -0.39 is 0 Å². The Morgan fingerprint density at radius 2 is 2.29 bits per heavy atom. The number of imidazole rings is 1. The van der Waals surface area contributed by atoms with E-state index in [0.29, 0.717) is 0 Å². The van der Waals surface area contributed by atoms with Crippen LogP contribution in [-0.2, 0) is 25.9 Å². The number of rotatable bonds is 3. The molecule has 1 N–H and O–H groups in total. The number of nitrogens with one attached hydrogen (secondary N) is 1. The molecular weight excluding hydrogens is 174 g/mol. The van der Waals surface area contributed by atoms with Crippen LogP contribution >= 0.6 is 0 Å². The molecule has 2 heterocycles. The third-order valence-electron chi connectivity index (χ3n) is 2.85. The highest BCUT2D eigenvalue weighted by Crippen LogP contribution is 2.16. The van der Waals surface area contributed by atoms with Gasteiger partial charge in [0.1, 0.15) is 5.82 Å². The molecular formula is C11H19N3. The number of nitrogens with zero attached hydrogens (tertiary/aromatic N) is 2. The van der Waals surface area contributed by atoms with Crippen molar-refractivity contribution >= 4 is 0 Å². The van der Waals surface area contributed by atoms with Crippen molar-refractivity contribution in [3.05, 3.63) is 17.2 Å². The summed E-state index contributed by atoms with van der Waals surface area (Å²) in [6.45, 7) is 7.56. The van der Waals surface area contributed by atoms with Gasteiger partial charge in [-0.25, -0.2) is 4.98 Å². The molecule has 0 atom stereocenters. The van der Waals surface area contributed by atoms with Crippen molar-refractivity contribution in [3.8, 4) is 0 Å². The lowest BCUT2D eigenvalue weighted by Crippen LogP contribution is -2.29. The van der Waals surface area contributed by atoms with Gasteiger partial charge in [0.15, 0.2) is 0 Å². The van der Waals surface area contributed by atoms with Crippen molar-refractivity contribution in [2.24, 2.45) is 0 Å². The molecule has 0 aliphatic carbocycles. The topological polar surface area (TPSA) is 29.9 Å². The molecule has 78 valence electrons. The van der Waals surface area contributed by atoms with Gasteiger partial charge in [-0.2, -0.15) is 0 Å². The number of aromatic nitrogens is 2. The van der Waals surface area contributed by atoms with Crippen LogP contribution in [-0.4, -0.2) is 16.1 Å². The zero-order valence-corrected chi connectivity index (χ0v) is 9.14. The normalized spacial score (nSPS) is 15.6. The van der Waals surface area contributed by atoms with Gasteiger partial charge in [-0.1, -0.05) is 20.3 Å². The molecule has 0 saturated heterocycles. The van der Waals surface area contributed by atoms with Gasteiger partial charge in [-0.05, 0) is 12.8 Å².